The standard InChI is InChI=1S/C12H21N3O2.ClH/c1-9-6-15(7-10(2)13-9)12(17)8-14-5-3-4-11(14)16;/h9-10,13H,3-8H2,1-2H3;1H. The molecule has 0 radical (unpaired) electrons. The van der Waals surface area contributed by atoms with Gasteiger partial charge in [-0.2, -0.15) is 0 Å². The van der Waals surface area contributed by atoms with Crippen molar-refractivity contribution in [2.24, 2.45) is 0 Å². The van der Waals surface area contributed by atoms with Crippen molar-refractivity contribution >= 4 is 24.2 Å². The van der Waals surface area contributed by atoms with Crippen molar-refractivity contribution in [3.63, 3.8) is 0 Å². The SMILES string of the molecule is CC1CN(C(=O)CN2CCCC2=O)CC(C)N1.Cl. The summed E-state index contributed by atoms with van der Waals surface area (Å²) in [6, 6.07) is 0.661. The molecule has 0 bridgehead atoms. The molecule has 2 saturated heterocycles. The van der Waals surface area contributed by atoms with Gasteiger partial charge in [-0.15, -0.1) is 12.4 Å². The van der Waals surface area contributed by atoms with E-state index in [0.717, 1.165) is 26.1 Å². The molecule has 0 saturated carbocycles. The minimum absolute atomic E-state index is 0. The molecule has 0 aromatic rings. The monoisotopic (exact) mass is 275 g/mol. The van der Waals surface area contributed by atoms with E-state index in [-0.39, 0.29) is 30.8 Å². The first-order valence-electron chi connectivity index (χ1n) is 6.38. The number of hydrogen-bond donors (Lipinski definition) is 1. The van der Waals surface area contributed by atoms with Crippen LogP contribution in [0.1, 0.15) is 26.7 Å². The van der Waals surface area contributed by atoms with Gasteiger partial charge in [0.25, 0.3) is 0 Å². The lowest BCUT2D eigenvalue weighted by molar-refractivity contribution is -0.139. The van der Waals surface area contributed by atoms with Crippen LogP contribution in [0.25, 0.3) is 0 Å². The fraction of sp³-hybridized carbons (Fsp3) is 0.833. The van der Waals surface area contributed by atoms with Crippen LogP contribution < -0.4 is 5.32 Å². The first-order valence-corrected chi connectivity index (χ1v) is 6.38. The first-order chi connectivity index (χ1) is 8.06. The quantitative estimate of drug-likeness (QED) is 0.786. The van der Waals surface area contributed by atoms with Gasteiger partial charge in [0, 0.05) is 38.1 Å². The molecule has 2 atom stereocenters. The van der Waals surface area contributed by atoms with Gasteiger partial charge in [0.1, 0.15) is 0 Å². The second kappa shape index (κ2) is 6.38. The summed E-state index contributed by atoms with van der Waals surface area (Å²) in [4.78, 5) is 27.1. The molecule has 6 heteroatoms. The van der Waals surface area contributed by atoms with Gasteiger partial charge < -0.3 is 15.1 Å². The molecule has 104 valence electrons. The first kappa shape index (κ1) is 15.2. The van der Waals surface area contributed by atoms with Gasteiger partial charge in [0.05, 0.1) is 6.54 Å². The number of amides is 2. The molecule has 2 amide bonds. The second-order valence-electron chi connectivity index (χ2n) is 5.19. The molecular formula is C12H22ClN3O2. The van der Waals surface area contributed by atoms with E-state index in [2.05, 4.69) is 19.2 Å². The van der Waals surface area contributed by atoms with Crippen molar-refractivity contribution in [1.82, 2.24) is 15.1 Å². The Morgan fingerprint density at radius 3 is 2.44 bits per heavy atom. The van der Waals surface area contributed by atoms with Crippen LogP contribution in [0.4, 0.5) is 0 Å². The van der Waals surface area contributed by atoms with E-state index < -0.39 is 0 Å². The van der Waals surface area contributed by atoms with Crippen molar-refractivity contribution in [1.29, 1.82) is 0 Å². The molecule has 0 aromatic carbocycles. The molecule has 0 aliphatic carbocycles. The third kappa shape index (κ3) is 3.59. The fourth-order valence-electron chi connectivity index (χ4n) is 2.66. The highest BCUT2D eigenvalue weighted by atomic mass is 35.5. The minimum atomic E-state index is 0. The fourth-order valence-corrected chi connectivity index (χ4v) is 2.66. The smallest absolute Gasteiger partial charge is 0.242 e. The predicted octanol–water partition coefficient (Wildman–Crippen LogP) is 0.239. The van der Waals surface area contributed by atoms with Crippen LogP contribution in [0, 0.1) is 0 Å². The van der Waals surface area contributed by atoms with Crippen molar-refractivity contribution < 1.29 is 9.59 Å². The van der Waals surface area contributed by atoms with E-state index in [4.69, 9.17) is 0 Å². The molecule has 18 heavy (non-hydrogen) atoms. The number of rotatable bonds is 2. The van der Waals surface area contributed by atoms with Crippen LogP contribution in [0.15, 0.2) is 0 Å². The lowest BCUT2D eigenvalue weighted by Gasteiger charge is -2.36. The van der Waals surface area contributed by atoms with Gasteiger partial charge >= 0.3 is 0 Å². The third-order valence-corrected chi connectivity index (χ3v) is 3.41. The lowest BCUT2D eigenvalue weighted by atomic mass is 10.1. The molecule has 1 N–H and O–H groups in total. The van der Waals surface area contributed by atoms with E-state index in [0.29, 0.717) is 18.5 Å². The highest BCUT2D eigenvalue weighted by molar-refractivity contribution is 5.86. The molecule has 2 aliphatic heterocycles. The minimum Gasteiger partial charge on any atom is -0.338 e. The highest BCUT2D eigenvalue weighted by Gasteiger charge is 2.28. The van der Waals surface area contributed by atoms with Crippen LogP contribution in [0.2, 0.25) is 0 Å². The van der Waals surface area contributed by atoms with E-state index >= 15 is 0 Å². The van der Waals surface area contributed by atoms with Crippen molar-refractivity contribution in [2.75, 3.05) is 26.2 Å². The molecular weight excluding hydrogens is 254 g/mol. The normalized spacial score (nSPS) is 28.2. The number of nitrogens with zero attached hydrogens (tertiary/aromatic N) is 2. The van der Waals surface area contributed by atoms with Crippen LogP contribution in [0.5, 0.6) is 0 Å². The zero-order valence-electron chi connectivity index (χ0n) is 11.0. The summed E-state index contributed by atoms with van der Waals surface area (Å²) in [7, 11) is 0. The Balaban J connectivity index is 0.00000162. The maximum atomic E-state index is 12.1. The number of likely N-dealkylation sites (tertiary alicyclic amines) is 1. The average molecular weight is 276 g/mol. The topological polar surface area (TPSA) is 52.7 Å². The Morgan fingerprint density at radius 2 is 1.94 bits per heavy atom. The Labute approximate surface area is 114 Å². The number of carbonyl (C=O) groups excluding carboxylic acids is 2. The Kier molecular flexibility index (Phi) is 5.41. The molecule has 2 rings (SSSR count). The Morgan fingerprint density at radius 1 is 1.33 bits per heavy atom. The van der Waals surface area contributed by atoms with E-state index in [9.17, 15) is 9.59 Å². The summed E-state index contributed by atoms with van der Waals surface area (Å²) >= 11 is 0. The zero-order valence-corrected chi connectivity index (χ0v) is 11.8. The van der Waals surface area contributed by atoms with E-state index in [1.165, 1.54) is 0 Å². The lowest BCUT2D eigenvalue weighted by Crippen LogP contribution is -2.57. The summed E-state index contributed by atoms with van der Waals surface area (Å²) in [5, 5.41) is 3.39. The van der Waals surface area contributed by atoms with Gasteiger partial charge in [-0.1, -0.05) is 0 Å². The van der Waals surface area contributed by atoms with E-state index in [1.807, 2.05) is 4.90 Å². The summed E-state index contributed by atoms with van der Waals surface area (Å²) in [6.45, 7) is 6.64. The summed E-state index contributed by atoms with van der Waals surface area (Å²) < 4.78 is 0. The summed E-state index contributed by atoms with van der Waals surface area (Å²) in [5.41, 5.74) is 0. The molecule has 0 spiro atoms. The van der Waals surface area contributed by atoms with Crippen LogP contribution >= 0.6 is 12.4 Å². The molecule has 2 heterocycles. The molecule has 0 aromatic heterocycles. The maximum Gasteiger partial charge on any atom is 0.242 e. The Bertz CT molecular complexity index is 314. The zero-order chi connectivity index (χ0) is 12.4. The predicted molar refractivity (Wildman–Crippen MR) is 71.7 cm³/mol. The molecule has 2 unspecified atom stereocenters. The Hall–Kier alpha value is -0.810. The number of nitrogens with one attached hydrogen (secondary N) is 1. The van der Waals surface area contributed by atoms with Gasteiger partial charge in [-0.3, -0.25) is 9.59 Å². The van der Waals surface area contributed by atoms with Gasteiger partial charge in [0.15, 0.2) is 0 Å². The van der Waals surface area contributed by atoms with Gasteiger partial charge in [-0.25, -0.2) is 0 Å². The van der Waals surface area contributed by atoms with E-state index in [1.54, 1.807) is 4.90 Å². The summed E-state index contributed by atoms with van der Waals surface area (Å²) in [6.07, 6.45) is 1.49. The van der Waals surface area contributed by atoms with Gasteiger partial charge in [0.2, 0.25) is 11.8 Å². The average Bonchev–Trinajstić information content (AvgIpc) is 2.63. The van der Waals surface area contributed by atoms with Crippen LogP contribution in [-0.2, 0) is 9.59 Å². The maximum absolute atomic E-state index is 12.1. The van der Waals surface area contributed by atoms with Crippen LogP contribution in [-0.4, -0.2) is 59.9 Å². The molecule has 2 aliphatic rings. The molecule has 2 fully saturated rings. The van der Waals surface area contributed by atoms with Crippen molar-refractivity contribution in [3.8, 4) is 0 Å². The van der Waals surface area contributed by atoms with Crippen molar-refractivity contribution in [3.05, 3.63) is 0 Å². The number of piperazine rings is 1. The number of carbonyl (C=O) groups is 2. The third-order valence-electron chi connectivity index (χ3n) is 3.41. The van der Waals surface area contributed by atoms with Crippen molar-refractivity contribution in [2.45, 2.75) is 38.8 Å². The summed E-state index contributed by atoms with van der Waals surface area (Å²) in [5.74, 6) is 0.204. The van der Waals surface area contributed by atoms with Crippen LogP contribution in [0.3, 0.4) is 0 Å². The second-order valence-corrected chi connectivity index (χ2v) is 5.19. The largest absolute Gasteiger partial charge is 0.338 e. The number of hydrogen-bond acceptors (Lipinski definition) is 3. The molecule has 5 nitrogen and oxygen atoms in total. The highest BCUT2D eigenvalue weighted by Crippen LogP contribution is 2.11. The number of halogens is 1. The van der Waals surface area contributed by atoms with Gasteiger partial charge in [-0.05, 0) is 20.3 Å².